The van der Waals surface area contributed by atoms with E-state index in [0.717, 1.165) is 37.7 Å². The molecule has 0 spiro atoms. The van der Waals surface area contributed by atoms with Crippen LogP contribution in [0.5, 0.6) is 0 Å². The highest BCUT2D eigenvalue weighted by Crippen LogP contribution is 2.13. The fourth-order valence-electron chi connectivity index (χ4n) is 3.64. The second-order valence-electron chi connectivity index (χ2n) is 7.62. The number of rotatable bonds is 6. The molecular weight excluding hydrogens is 366 g/mol. The van der Waals surface area contributed by atoms with Gasteiger partial charge in [0, 0.05) is 57.6 Å². The van der Waals surface area contributed by atoms with Gasteiger partial charge in [-0.05, 0) is 12.1 Å². The maximum absolute atomic E-state index is 12.8. The molecule has 3 aromatic rings. The molecule has 8 nitrogen and oxygen atoms in total. The van der Waals surface area contributed by atoms with Gasteiger partial charge in [-0.2, -0.15) is 9.90 Å². The van der Waals surface area contributed by atoms with Crippen molar-refractivity contribution in [1.82, 2.24) is 34.3 Å². The topological polar surface area (TPSA) is 72.1 Å². The molecule has 4 rings (SSSR count). The van der Waals surface area contributed by atoms with Crippen LogP contribution in [0.4, 0.5) is 0 Å². The molecule has 3 heterocycles. The summed E-state index contributed by atoms with van der Waals surface area (Å²) in [6, 6.07) is 9.62. The van der Waals surface area contributed by atoms with Gasteiger partial charge in [0.05, 0.1) is 11.9 Å². The van der Waals surface area contributed by atoms with E-state index in [1.807, 2.05) is 47.6 Å². The van der Waals surface area contributed by atoms with Crippen LogP contribution in [0.2, 0.25) is 0 Å². The van der Waals surface area contributed by atoms with E-state index in [2.05, 4.69) is 38.5 Å². The predicted molar refractivity (Wildman–Crippen MR) is 110 cm³/mol. The van der Waals surface area contributed by atoms with Crippen molar-refractivity contribution in [3.8, 4) is 5.69 Å². The first-order chi connectivity index (χ1) is 14.1. The quantitative estimate of drug-likeness (QED) is 0.641. The van der Waals surface area contributed by atoms with Crippen LogP contribution in [-0.4, -0.2) is 73.0 Å². The minimum absolute atomic E-state index is 0.0523. The van der Waals surface area contributed by atoms with Crippen LogP contribution in [0.3, 0.4) is 0 Å². The molecule has 0 saturated carbocycles. The van der Waals surface area contributed by atoms with Crippen molar-refractivity contribution < 1.29 is 4.79 Å². The summed E-state index contributed by atoms with van der Waals surface area (Å²) >= 11 is 0. The summed E-state index contributed by atoms with van der Waals surface area (Å²) in [5.74, 6) is 1.49. The average Bonchev–Trinajstić information content (AvgIpc) is 3.43. The van der Waals surface area contributed by atoms with Crippen LogP contribution in [0.1, 0.15) is 36.1 Å². The summed E-state index contributed by atoms with van der Waals surface area (Å²) in [4.78, 5) is 23.0. The molecule has 0 radical (unpaired) electrons. The van der Waals surface area contributed by atoms with Crippen molar-refractivity contribution in [2.75, 3.05) is 32.7 Å². The Morgan fingerprint density at radius 3 is 2.55 bits per heavy atom. The molecule has 8 heteroatoms. The fraction of sp³-hybridized carbons (Fsp3) is 0.429. The zero-order chi connectivity index (χ0) is 20.2. The van der Waals surface area contributed by atoms with Gasteiger partial charge in [-0.1, -0.05) is 32.0 Å². The van der Waals surface area contributed by atoms with Crippen molar-refractivity contribution in [3.05, 3.63) is 60.4 Å². The Hall–Kier alpha value is -3.00. The SMILES string of the molecule is CC(C)c1nccn1CCN1CCN(C(=O)c2cnn(-c3ccccc3)n2)CC1. The molecule has 1 aliphatic rings. The highest BCUT2D eigenvalue weighted by atomic mass is 16.2. The zero-order valence-corrected chi connectivity index (χ0v) is 17.0. The number of benzene rings is 1. The van der Waals surface area contributed by atoms with Gasteiger partial charge in [-0.15, -0.1) is 5.10 Å². The number of carbonyl (C=O) groups is 1. The molecule has 1 fully saturated rings. The lowest BCUT2D eigenvalue weighted by Gasteiger charge is -2.34. The van der Waals surface area contributed by atoms with Crippen LogP contribution < -0.4 is 0 Å². The Kier molecular flexibility index (Phi) is 5.71. The summed E-state index contributed by atoms with van der Waals surface area (Å²) in [6.45, 7) is 9.36. The summed E-state index contributed by atoms with van der Waals surface area (Å²) in [7, 11) is 0. The lowest BCUT2D eigenvalue weighted by atomic mass is 10.2. The Bertz CT molecular complexity index is 939. The summed E-state index contributed by atoms with van der Waals surface area (Å²) in [6.07, 6.45) is 5.47. The van der Waals surface area contributed by atoms with E-state index in [1.54, 1.807) is 6.20 Å². The normalized spacial score (nSPS) is 15.2. The maximum Gasteiger partial charge on any atom is 0.276 e. The van der Waals surface area contributed by atoms with Gasteiger partial charge in [0.2, 0.25) is 0 Å². The highest BCUT2D eigenvalue weighted by molar-refractivity contribution is 5.92. The number of nitrogens with zero attached hydrogens (tertiary/aromatic N) is 7. The van der Waals surface area contributed by atoms with E-state index in [1.165, 1.54) is 4.80 Å². The van der Waals surface area contributed by atoms with Crippen molar-refractivity contribution >= 4 is 5.91 Å². The van der Waals surface area contributed by atoms with E-state index in [0.29, 0.717) is 24.7 Å². The van der Waals surface area contributed by atoms with E-state index in [4.69, 9.17) is 0 Å². The Balaban J connectivity index is 1.30. The molecule has 152 valence electrons. The van der Waals surface area contributed by atoms with Gasteiger partial charge in [-0.25, -0.2) is 4.98 Å². The average molecular weight is 393 g/mol. The first kappa shape index (κ1) is 19.3. The third-order valence-corrected chi connectivity index (χ3v) is 5.28. The van der Waals surface area contributed by atoms with E-state index in [-0.39, 0.29) is 5.91 Å². The summed E-state index contributed by atoms with van der Waals surface area (Å²) in [5.41, 5.74) is 1.24. The first-order valence-electron chi connectivity index (χ1n) is 10.1. The van der Waals surface area contributed by atoms with Gasteiger partial charge in [0.15, 0.2) is 5.69 Å². The standard InChI is InChI=1S/C21H27N7O/c1-17(2)20-22-8-9-26(20)13-10-25-11-14-27(15-12-25)21(29)19-16-23-28(24-19)18-6-4-3-5-7-18/h3-9,16-17H,10-15H2,1-2H3. The second kappa shape index (κ2) is 8.57. The fourth-order valence-corrected chi connectivity index (χ4v) is 3.64. The van der Waals surface area contributed by atoms with Crippen LogP contribution in [0, 0.1) is 0 Å². The minimum atomic E-state index is -0.0523. The molecule has 0 bridgehead atoms. The van der Waals surface area contributed by atoms with E-state index >= 15 is 0 Å². The largest absolute Gasteiger partial charge is 0.335 e. The van der Waals surface area contributed by atoms with Gasteiger partial charge in [0.25, 0.3) is 5.91 Å². The van der Waals surface area contributed by atoms with Crippen molar-refractivity contribution in [1.29, 1.82) is 0 Å². The van der Waals surface area contributed by atoms with Gasteiger partial charge >= 0.3 is 0 Å². The highest BCUT2D eigenvalue weighted by Gasteiger charge is 2.24. The molecule has 0 aliphatic carbocycles. The number of amides is 1. The number of hydrogen-bond donors (Lipinski definition) is 0. The number of imidazole rings is 1. The summed E-state index contributed by atoms with van der Waals surface area (Å²) < 4.78 is 2.23. The third kappa shape index (κ3) is 4.37. The molecular formula is C21H27N7O. The summed E-state index contributed by atoms with van der Waals surface area (Å²) in [5, 5.41) is 8.60. The van der Waals surface area contributed by atoms with Crippen LogP contribution >= 0.6 is 0 Å². The smallest absolute Gasteiger partial charge is 0.276 e. The molecule has 1 aliphatic heterocycles. The maximum atomic E-state index is 12.8. The molecule has 1 aromatic carbocycles. The lowest BCUT2D eigenvalue weighted by Crippen LogP contribution is -2.49. The van der Waals surface area contributed by atoms with Crippen LogP contribution in [0.15, 0.2) is 48.9 Å². The van der Waals surface area contributed by atoms with Crippen LogP contribution in [-0.2, 0) is 6.54 Å². The van der Waals surface area contributed by atoms with Gasteiger partial charge in [-0.3, -0.25) is 9.69 Å². The number of aromatic nitrogens is 5. The lowest BCUT2D eigenvalue weighted by molar-refractivity contribution is 0.0626. The van der Waals surface area contributed by atoms with E-state index < -0.39 is 0 Å². The number of hydrogen-bond acceptors (Lipinski definition) is 5. The molecule has 29 heavy (non-hydrogen) atoms. The van der Waals surface area contributed by atoms with E-state index in [9.17, 15) is 4.79 Å². The number of para-hydroxylation sites is 1. The zero-order valence-electron chi connectivity index (χ0n) is 17.0. The van der Waals surface area contributed by atoms with Gasteiger partial charge < -0.3 is 9.47 Å². The molecule has 1 saturated heterocycles. The van der Waals surface area contributed by atoms with Crippen molar-refractivity contribution in [2.45, 2.75) is 26.3 Å². The number of carbonyl (C=O) groups excluding carboxylic acids is 1. The third-order valence-electron chi connectivity index (χ3n) is 5.28. The Labute approximate surface area is 170 Å². The first-order valence-corrected chi connectivity index (χ1v) is 10.1. The minimum Gasteiger partial charge on any atom is -0.335 e. The molecule has 1 amide bonds. The molecule has 0 N–H and O–H groups in total. The Morgan fingerprint density at radius 1 is 1.07 bits per heavy atom. The Morgan fingerprint density at radius 2 is 1.83 bits per heavy atom. The number of piperazine rings is 1. The molecule has 2 aromatic heterocycles. The molecule has 0 atom stereocenters. The second-order valence-corrected chi connectivity index (χ2v) is 7.62. The molecule has 0 unspecified atom stereocenters. The monoisotopic (exact) mass is 393 g/mol. The predicted octanol–water partition coefficient (Wildman–Crippen LogP) is 2.05. The van der Waals surface area contributed by atoms with Crippen LogP contribution in [0.25, 0.3) is 5.69 Å². The van der Waals surface area contributed by atoms with Gasteiger partial charge in [0.1, 0.15) is 5.82 Å². The van der Waals surface area contributed by atoms with Crippen molar-refractivity contribution in [3.63, 3.8) is 0 Å². The van der Waals surface area contributed by atoms with Crippen molar-refractivity contribution in [2.24, 2.45) is 0 Å².